The quantitative estimate of drug-likeness (QED) is 0.245. The van der Waals surface area contributed by atoms with Crippen LogP contribution < -0.4 is 0 Å². The second-order valence-corrected chi connectivity index (χ2v) is 11.2. The van der Waals surface area contributed by atoms with Crippen LogP contribution in [0, 0.1) is 28.6 Å². The van der Waals surface area contributed by atoms with Gasteiger partial charge in [-0.05, 0) is 81.0 Å². The lowest BCUT2D eigenvalue weighted by Crippen LogP contribution is -2.52. The van der Waals surface area contributed by atoms with E-state index in [1.807, 2.05) is 7.11 Å². The van der Waals surface area contributed by atoms with Crippen molar-refractivity contribution in [3.8, 4) is 0 Å². The summed E-state index contributed by atoms with van der Waals surface area (Å²) in [6, 6.07) is 0. The van der Waals surface area contributed by atoms with Gasteiger partial charge in [0.25, 0.3) is 0 Å². The molecule has 0 bridgehead atoms. The zero-order valence-corrected chi connectivity index (χ0v) is 20.3. The number of carbonyl (C=O) groups is 1. The lowest BCUT2D eigenvalue weighted by atomic mass is 9.47. The Labute approximate surface area is 189 Å². The van der Waals surface area contributed by atoms with Crippen LogP contribution in [0.3, 0.4) is 0 Å². The summed E-state index contributed by atoms with van der Waals surface area (Å²) in [5.74, 6) is 2.21. The molecule has 3 fully saturated rings. The highest BCUT2D eigenvalue weighted by atomic mass is 16.7. The van der Waals surface area contributed by atoms with E-state index in [0.29, 0.717) is 24.0 Å². The number of unbranched alkanes of at least 4 members (excludes halogenated alkanes) is 3. The summed E-state index contributed by atoms with van der Waals surface area (Å²) < 4.78 is 17.0. The molecule has 0 aromatic rings. The lowest BCUT2D eigenvalue weighted by Gasteiger charge is -2.58. The lowest BCUT2D eigenvalue weighted by molar-refractivity contribution is -0.0891. The van der Waals surface area contributed by atoms with Crippen molar-refractivity contribution >= 4 is 6.16 Å². The Balaban J connectivity index is 1.38. The Morgan fingerprint density at radius 2 is 1.87 bits per heavy atom. The fraction of sp³-hybridized carbons (Fsp3) is 0.889. The molecule has 31 heavy (non-hydrogen) atoms. The van der Waals surface area contributed by atoms with Crippen molar-refractivity contribution in [1.82, 2.24) is 0 Å². The zero-order valence-electron chi connectivity index (χ0n) is 20.3. The minimum Gasteiger partial charge on any atom is -0.434 e. The molecule has 0 aliphatic heterocycles. The van der Waals surface area contributed by atoms with E-state index < -0.39 is 6.16 Å². The summed E-state index contributed by atoms with van der Waals surface area (Å²) in [6.45, 7) is 7.61. The van der Waals surface area contributed by atoms with Crippen LogP contribution in [0.25, 0.3) is 0 Å². The van der Waals surface area contributed by atoms with Crippen LogP contribution in [-0.4, -0.2) is 32.1 Å². The van der Waals surface area contributed by atoms with E-state index in [0.717, 1.165) is 37.5 Å². The number of fused-ring (bicyclic) bond motifs is 5. The fourth-order valence-electron chi connectivity index (χ4n) is 7.86. The molecule has 4 aliphatic carbocycles. The Hall–Kier alpha value is -1.03. The molecule has 0 heterocycles. The van der Waals surface area contributed by atoms with Crippen molar-refractivity contribution in [3.63, 3.8) is 0 Å². The van der Waals surface area contributed by atoms with Gasteiger partial charge in [0.2, 0.25) is 0 Å². The summed E-state index contributed by atoms with van der Waals surface area (Å²) in [7, 11) is 1.84. The fourth-order valence-corrected chi connectivity index (χ4v) is 7.86. The van der Waals surface area contributed by atoms with Gasteiger partial charge >= 0.3 is 6.16 Å². The van der Waals surface area contributed by atoms with E-state index >= 15 is 0 Å². The summed E-state index contributed by atoms with van der Waals surface area (Å²) in [6.07, 6.45) is 16.3. The summed E-state index contributed by atoms with van der Waals surface area (Å²) in [5.41, 5.74) is 2.12. The van der Waals surface area contributed by atoms with Gasteiger partial charge in [-0.1, -0.05) is 51.7 Å². The predicted molar refractivity (Wildman–Crippen MR) is 123 cm³/mol. The van der Waals surface area contributed by atoms with Crippen molar-refractivity contribution in [3.05, 3.63) is 11.6 Å². The molecule has 0 N–H and O–H groups in total. The average Bonchev–Trinajstić information content (AvgIpc) is 3.09. The number of carbonyl (C=O) groups excluding carboxylic acids is 1. The Morgan fingerprint density at radius 3 is 2.65 bits per heavy atom. The molecule has 3 saturated carbocycles. The van der Waals surface area contributed by atoms with Crippen LogP contribution in [0.4, 0.5) is 4.79 Å². The number of rotatable bonds is 7. The monoisotopic (exact) mass is 432 g/mol. The first kappa shape index (κ1) is 23.1. The van der Waals surface area contributed by atoms with E-state index in [2.05, 4.69) is 26.8 Å². The number of hydrogen-bond donors (Lipinski definition) is 0. The minimum atomic E-state index is -0.441. The molecule has 0 amide bonds. The summed E-state index contributed by atoms with van der Waals surface area (Å²) in [5, 5.41) is 0. The van der Waals surface area contributed by atoms with Gasteiger partial charge in [-0.2, -0.15) is 0 Å². The topological polar surface area (TPSA) is 44.8 Å². The van der Waals surface area contributed by atoms with Crippen LogP contribution in [-0.2, 0) is 14.2 Å². The molecule has 4 aliphatic rings. The van der Waals surface area contributed by atoms with Gasteiger partial charge in [-0.3, -0.25) is 0 Å². The van der Waals surface area contributed by atoms with Crippen LogP contribution in [0.1, 0.15) is 97.8 Å². The van der Waals surface area contributed by atoms with Gasteiger partial charge in [0.15, 0.2) is 0 Å². The largest absolute Gasteiger partial charge is 0.508 e. The first-order chi connectivity index (χ1) is 14.9. The normalized spacial score (nSPS) is 41.5. The van der Waals surface area contributed by atoms with Crippen molar-refractivity contribution < 1.29 is 19.0 Å². The van der Waals surface area contributed by atoms with E-state index in [1.165, 1.54) is 51.4 Å². The standard InChI is InChI=1S/C27H44O4/c1-5-6-7-8-17-30-25(28)31-24-12-11-22-21-10-9-19-18-20(29-4)13-15-26(19,2)23(21)14-16-27(22,24)3/h18,20-24H,5-17H2,1-4H3/t20-,21-,22-,23-,24-,26-,27-/m0/s1. The predicted octanol–water partition coefficient (Wildman–Crippen LogP) is 7.07. The minimum absolute atomic E-state index is 0.0237. The van der Waals surface area contributed by atoms with Gasteiger partial charge in [0.1, 0.15) is 6.10 Å². The SMILES string of the molecule is CCCCCCOC(=O)O[C@H]1CC[C@H]2[C@@H]3CCC4=C[C@@H](OC)CC[C@]4(C)[C@H]3CC[C@]12C. The number of ether oxygens (including phenoxy) is 3. The highest BCUT2D eigenvalue weighted by Crippen LogP contribution is 2.65. The van der Waals surface area contributed by atoms with Gasteiger partial charge in [0, 0.05) is 12.5 Å². The molecule has 4 heteroatoms. The third-order valence-electron chi connectivity index (χ3n) is 9.74. The third-order valence-corrected chi connectivity index (χ3v) is 9.74. The van der Waals surface area contributed by atoms with Gasteiger partial charge in [-0.25, -0.2) is 4.79 Å². The highest BCUT2D eigenvalue weighted by molar-refractivity contribution is 5.60. The Morgan fingerprint density at radius 1 is 1.03 bits per heavy atom. The molecule has 0 unspecified atom stereocenters. The summed E-state index contributed by atoms with van der Waals surface area (Å²) >= 11 is 0. The first-order valence-corrected chi connectivity index (χ1v) is 13.0. The molecular formula is C27H44O4. The van der Waals surface area contributed by atoms with E-state index in [1.54, 1.807) is 5.57 Å². The number of methoxy groups -OCH3 is 1. The molecule has 4 nitrogen and oxygen atoms in total. The molecule has 7 atom stereocenters. The van der Waals surface area contributed by atoms with Gasteiger partial charge in [-0.15, -0.1) is 0 Å². The molecular weight excluding hydrogens is 388 g/mol. The molecule has 0 radical (unpaired) electrons. The smallest absolute Gasteiger partial charge is 0.434 e. The maximum absolute atomic E-state index is 12.4. The molecule has 176 valence electrons. The van der Waals surface area contributed by atoms with Crippen LogP contribution >= 0.6 is 0 Å². The Kier molecular flexibility index (Phi) is 7.05. The van der Waals surface area contributed by atoms with Crippen LogP contribution in [0.2, 0.25) is 0 Å². The molecule has 0 aromatic carbocycles. The third kappa shape index (κ3) is 4.30. The maximum Gasteiger partial charge on any atom is 0.508 e. The van der Waals surface area contributed by atoms with Crippen LogP contribution in [0.15, 0.2) is 11.6 Å². The highest BCUT2D eigenvalue weighted by Gasteiger charge is 2.60. The zero-order chi connectivity index (χ0) is 22.1. The second-order valence-electron chi connectivity index (χ2n) is 11.2. The Bertz CT molecular complexity index is 672. The van der Waals surface area contributed by atoms with E-state index in [-0.39, 0.29) is 11.5 Å². The number of allylic oxidation sites excluding steroid dienone is 1. The van der Waals surface area contributed by atoms with Crippen molar-refractivity contribution in [2.75, 3.05) is 13.7 Å². The van der Waals surface area contributed by atoms with Gasteiger partial charge < -0.3 is 14.2 Å². The van der Waals surface area contributed by atoms with Gasteiger partial charge in [0.05, 0.1) is 12.7 Å². The van der Waals surface area contributed by atoms with Crippen LogP contribution in [0.5, 0.6) is 0 Å². The summed E-state index contributed by atoms with van der Waals surface area (Å²) in [4.78, 5) is 12.4. The van der Waals surface area contributed by atoms with E-state index in [9.17, 15) is 4.79 Å². The molecule has 0 aromatic heterocycles. The molecule has 0 spiro atoms. The number of hydrogen-bond acceptors (Lipinski definition) is 4. The first-order valence-electron chi connectivity index (χ1n) is 13.0. The van der Waals surface area contributed by atoms with Crippen molar-refractivity contribution in [2.45, 2.75) is 110 Å². The molecule has 4 rings (SSSR count). The second kappa shape index (κ2) is 9.45. The maximum atomic E-state index is 12.4. The average molecular weight is 433 g/mol. The van der Waals surface area contributed by atoms with Crippen molar-refractivity contribution in [1.29, 1.82) is 0 Å². The van der Waals surface area contributed by atoms with E-state index in [4.69, 9.17) is 14.2 Å². The van der Waals surface area contributed by atoms with Crippen molar-refractivity contribution in [2.24, 2.45) is 28.6 Å². The molecule has 0 saturated heterocycles.